The largest absolute Gasteiger partial charge is 0.465 e. The molecule has 0 aromatic heterocycles. The molecule has 2 aromatic rings. The van der Waals surface area contributed by atoms with E-state index in [1.807, 2.05) is 0 Å². The molecular formula is C21H22ClFN2O5S. The number of sulfonamides is 1. The van der Waals surface area contributed by atoms with E-state index in [4.69, 9.17) is 16.3 Å². The van der Waals surface area contributed by atoms with Crippen LogP contribution in [-0.2, 0) is 19.6 Å². The molecular weight excluding hydrogens is 447 g/mol. The van der Waals surface area contributed by atoms with Gasteiger partial charge in [0.25, 0.3) is 0 Å². The van der Waals surface area contributed by atoms with Crippen LogP contribution in [0.2, 0.25) is 5.02 Å². The molecule has 31 heavy (non-hydrogen) atoms. The maximum Gasteiger partial charge on any atom is 0.338 e. The van der Waals surface area contributed by atoms with Crippen molar-refractivity contribution in [2.24, 2.45) is 5.92 Å². The monoisotopic (exact) mass is 468 g/mol. The van der Waals surface area contributed by atoms with Crippen molar-refractivity contribution in [3.63, 3.8) is 0 Å². The van der Waals surface area contributed by atoms with Crippen LogP contribution in [0.4, 0.5) is 10.1 Å². The van der Waals surface area contributed by atoms with E-state index in [9.17, 15) is 22.4 Å². The van der Waals surface area contributed by atoms with Crippen LogP contribution in [-0.4, -0.2) is 44.8 Å². The molecule has 2 aromatic carbocycles. The lowest BCUT2D eigenvalue weighted by Gasteiger charge is -2.30. The van der Waals surface area contributed by atoms with Crippen LogP contribution in [0.5, 0.6) is 0 Å². The lowest BCUT2D eigenvalue weighted by atomic mass is 9.96. The number of ether oxygens (including phenoxy) is 1. The van der Waals surface area contributed by atoms with Crippen molar-refractivity contribution in [2.75, 3.05) is 25.5 Å². The fourth-order valence-electron chi connectivity index (χ4n) is 3.48. The number of halogens is 2. The average molecular weight is 469 g/mol. The predicted octanol–water partition coefficient (Wildman–Crippen LogP) is 3.61. The standard InChI is InChI=1S/C21H22ClFN2O5S/c1-13-16(21(27)30-2)4-3-5-19(13)24-20(26)14-8-10-25(11-9-14)31(28,29)15-6-7-18(23)17(22)12-15/h3-7,12,14H,8-11H2,1-2H3,(H,24,26). The van der Waals surface area contributed by atoms with Crippen LogP contribution >= 0.6 is 11.6 Å². The van der Waals surface area contributed by atoms with Gasteiger partial charge in [-0.25, -0.2) is 17.6 Å². The van der Waals surface area contributed by atoms with E-state index in [1.54, 1.807) is 25.1 Å². The third-order valence-electron chi connectivity index (χ3n) is 5.35. The number of carbonyl (C=O) groups is 2. The number of rotatable bonds is 5. The number of nitrogens with one attached hydrogen (secondary N) is 1. The summed E-state index contributed by atoms with van der Waals surface area (Å²) in [5.41, 5.74) is 1.46. The van der Waals surface area contributed by atoms with E-state index >= 15 is 0 Å². The first-order valence-corrected chi connectivity index (χ1v) is 11.4. The summed E-state index contributed by atoms with van der Waals surface area (Å²) in [5.74, 6) is -1.81. The van der Waals surface area contributed by atoms with Crippen molar-refractivity contribution >= 4 is 39.2 Å². The van der Waals surface area contributed by atoms with Crippen LogP contribution < -0.4 is 5.32 Å². The van der Waals surface area contributed by atoms with E-state index < -0.39 is 21.8 Å². The maximum atomic E-state index is 13.4. The molecule has 0 saturated carbocycles. The van der Waals surface area contributed by atoms with Gasteiger partial charge in [0.2, 0.25) is 15.9 Å². The number of methoxy groups -OCH3 is 1. The molecule has 0 aliphatic carbocycles. The second-order valence-electron chi connectivity index (χ2n) is 7.21. The third kappa shape index (κ3) is 4.89. The predicted molar refractivity (Wildman–Crippen MR) is 114 cm³/mol. The second-order valence-corrected chi connectivity index (χ2v) is 9.56. The number of anilines is 1. The van der Waals surface area contributed by atoms with E-state index in [-0.39, 0.29) is 34.8 Å². The molecule has 1 aliphatic heterocycles. The number of hydrogen-bond acceptors (Lipinski definition) is 5. The Morgan fingerprint density at radius 3 is 2.48 bits per heavy atom. The van der Waals surface area contributed by atoms with Crippen molar-refractivity contribution in [3.8, 4) is 0 Å². The zero-order valence-corrected chi connectivity index (χ0v) is 18.6. The van der Waals surface area contributed by atoms with Gasteiger partial charge in [0.15, 0.2) is 0 Å². The topological polar surface area (TPSA) is 92.8 Å². The van der Waals surface area contributed by atoms with Gasteiger partial charge >= 0.3 is 5.97 Å². The Morgan fingerprint density at radius 2 is 1.87 bits per heavy atom. The van der Waals surface area contributed by atoms with Gasteiger partial charge in [0.05, 0.1) is 22.6 Å². The summed E-state index contributed by atoms with van der Waals surface area (Å²) >= 11 is 5.71. The number of piperidine rings is 1. The molecule has 0 unspecified atom stereocenters. The van der Waals surface area contributed by atoms with Gasteiger partial charge in [-0.05, 0) is 55.7 Å². The highest BCUT2D eigenvalue weighted by Crippen LogP contribution is 2.28. The van der Waals surface area contributed by atoms with Crippen molar-refractivity contribution in [1.82, 2.24) is 4.31 Å². The minimum Gasteiger partial charge on any atom is -0.465 e. The first-order chi connectivity index (χ1) is 14.6. The lowest BCUT2D eigenvalue weighted by Crippen LogP contribution is -2.41. The fraction of sp³-hybridized carbons (Fsp3) is 0.333. The Labute approximate surface area is 185 Å². The lowest BCUT2D eigenvalue weighted by molar-refractivity contribution is -0.120. The molecule has 10 heteroatoms. The summed E-state index contributed by atoms with van der Waals surface area (Å²) in [4.78, 5) is 24.5. The molecule has 0 atom stereocenters. The van der Waals surface area contributed by atoms with Crippen molar-refractivity contribution in [2.45, 2.75) is 24.7 Å². The van der Waals surface area contributed by atoms with Crippen LogP contribution in [0, 0.1) is 18.7 Å². The Balaban J connectivity index is 1.66. The zero-order chi connectivity index (χ0) is 22.8. The summed E-state index contributed by atoms with van der Waals surface area (Å²) in [6.45, 7) is 2.01. The molecule has 166 valence electrons. The molecule has 1 amide bonds. The van der Waals surface area contributed by atoms with Gasteiger partial charge in [-0.3, -0.25) is 4.79 Å². The summed E-state index contributed by atoms with van der Waals surface area (Å²) < 4.78 is 45.0. The molecule has 1 heterocycles. The first-order valence-electron chi connectivity index (χ1n) is 9.59. The molecule has 7 nitrogen and oxygen atoms in total. The molecule has 0 bridgehead atoms. The molecule has 3 rings (SSSR count). The first kappa shape index (κ1) is 23.2. The van der Waals surface area contributed by atoms with Crippen molar-refractivity contribution < 1.29 is 27.1 Å². The summed E-state index contributed by atoms with van der Waals surface area (Å²) in [5, 5.41) is 2.56. The number of nitrogens with zero attached hydrogens (tertiary/aromatic N) is 1. The Hall–Kier alpha value is -2.49. The smallest absolute Gasteiger partial charge is 0.338 e. The van der Waals surface area contributed by atoms with Crippen molar-refractivity contribution in [3.05, 3.63) is 58.4 Å². The van der Waals surface area contributed by atoms with Gasteiger partial charge < -0.3 is 10.1 Å². The highest BCUT2D eigenvalue weighted by atomic mass is 35.5. The Morgan fingerprint density at radius 1 is 1.19 bits per heavy atom. The van der Waals surface area contributed by atoms with E-state index in [2.05, 4.69) is 5.32 Å². The quantitative estimate of drug-likeness (QED) is 0.676. The molecule has 1 aliphatic rings. The number of esters is 1. The Kier molecular flexibility index (Phi) is 6.98. The highest BCUT2D eigenvalue weighted by molar-refractivity contribution is 7.89. The summed E-state index contributed by atoms with van der Waals surface area (Å²) in [6, 6.07) is 8.23. The third-order valence-corrected chi connectivity index (χ3v) is 7.53. The van der Waals surface area contributed by atoms with Gasteiger partial charge in [-0.2, -0.15) is 4.31 Å². The maximum absolute atomic E-state index is 13.4. The number of carbonyl (C=O) groups excluding carboxylic acids is 2. The normalized spacial score (nSPS) is 15.5. The van der Waals surface area contributed by atoms with Crippen LogP contribution in [0.3, 0.4) is 0 Å². The SMILES string of the molecule is COC(=O)c1cccc(NC(=O)C2CCN(S(=O)(=O)c3ccc(F)c(Cl)c3)CC2)c1C. The van der Waals surface area contributed by atoms with Crippen LogP contribution in [0.1, 0.15) is 28.8 Å². The van der Waals surface area contributed by atoms with Gasteiger partial charge in [-0.1, -0.05) is 17.7 Å². The van der Waals surface area contributed by atoms with E-state index in [0.29, 0.717) is 29.7 Å². The zero-order valence-electron chi connectivity index (χ0n) is 17.0. The van der Waals surface area contributed by atoms with Gasteiger partial charge in [0.1, 0.15) is 5.82 Å². The number of benzene rings is 2. The van der Waals surface area contributed by atoms with Crippen LogP contribution in [0.25, 0.3) is 0 Å². The molecule has 1 fully saturated rings. The molecule has 0 spiro atoms. The van der Waals surface area contributed by atoms with E-state index in [1.165, 1.54) is 17.5 Å². The number of hydrogen-bond donors (Lipinski definition) is 1. The minimum atomic E-state index is -3.83. The average Bonchev–Trinajstić information content (AvgIpc) is 2.76. The Bertz CT molecular complexity index is 1110. The van der Waals surface area contributed by atoms with Gasteiger partial charge in [0, 0.05) is 24.7 Å². The van der Waals surface area contributed by atoms with Gasteiger partial charge in [-0.15, -0.1) is 0 Å². The summed E-state index contributed by atoms with van der Waals surface area (Å²) in [7, 11) is -2.55. The van der Waals surface area contributed by atoms with Crippen LogP contribution in [0.15, 0.2) is 41.3 Å². The minimum absolute atomic E-state index is 0.0861. The van der Waals surface area contributed by atoms with Crippen molar-refractivity contribution in [1.29, 1.82) is 0 Å². The summed E-state index contributed by atoms with van der Waals surface area (Å²) in [6.07, 6.45) is 0.658. The molecule has 1 saturated heterocycles. The fourth-order valence-corrected chi connectivity index (χ4v) is 5.22. The second kappa shape index (κ2) is 9.33. The number of amides is 1. The highest BCUT2D eigenvalue weighted by Gasteiger charge is 2.32. The molecule has 0 radical (unpaired) electrons. The van der Waals surface area contributed by atoms with E-state index in [0.717, 1.165) is 12.1 Å². The molecule has 1 N–H and O–H groups in total.